The number of hydrogen-bond donors (Lipinski definition) is 1. The van der Waals surface area contributed by atoms with Crippen molar-refractivity contribution >= 4 is 5.97 Å². The van der Waals surface area contributed by atoms with Crippen LogP contribution >= 0.6 is 0 Å². The van der Waals surface area contributed by atoms with Crippen LogP contribution < -0.4 is 5.73 Å². The Morgan fingerprint density at radius 2 is 2.40 bits per heavy atom. The fourth-order valence-corrected chi connectivity index (χ4v) is 1.77. The van der Waals surface area contributed by atoms with Gasteiger partial charge in [0.25, 0.3) is 0 Å². The number of carbonyl (C=O) groups is 1. The number of nitrogens with two attached hydrogens (primary N) is 1. The standard InChI is InChI=1S/C10H16N2O3/c1-2-15-10(13)6-7-3-4-9(12-14)8(11)5-7/h7H,2-6,11H2,1H3. The van der Waals surface area contributed by atoms with E-state index in [-0.39, 0.29) is 11.9 Å². The first-order valence-electron chi connectivity index (χ1n) is 5.13. The number of nitroso groups, excluding NO2 is 1. The van der Waals surface area contributed by atoms with Crippen molar-refractivity contribution in [1.29, 1.82) is 0 Å². The van der Waals surface area contributed by atoms with Crippen LogP contribution in [-0.2, 0) is 9.53 Å². The second kappa shape index (κ2) is 5.48. The van der Waals surface area contributed by atoms with Gasteiger partial charge in [0.2, 0.25) is 0 Å². The summed E-state index contributed by atoms with van der Waals surface area (Å²) in [5, 5.41) is 2.87. The Bertz CT molecular complexity index is 286. The van der Waals surface area contributed by atoms with Crippen LogP contribution in [0.4, 0.5) is 0 Å². The normalized spacial score (nSPS) is 21.3. The first-order valence-corrected chi connectivity index (χ1v) is 5.13. The molecule has 2 N–H and O–H groups in total. The molecule has 0 aliphatic heterocycles. The lowest BCUT2D eigenvalue weighted by atomic mass is 9.88. The lowest BCUT2D eigenvalue weighted by molar-refractivity contribution is -0.144. The topological polar surface area (TPSA) is 81.8 Å². The number of ether oxygens (including phenoxy) is 1. The molecule has 0 aromatic carbocycles. The number of carbonyl (C=O) groups excluding carboxylic acids is 1. The number of rotatable bonds is 4. The molecule has 15 heavy (non-hydrogen) atoms. The molecule has 0 saturated heterocycles. The van der Waals surface area contributed by atoms with E-state index in [9.17, 15) is 9.70 Å². The maximum absolute atomic E-state index is 11.2. The number of esters is 1. The minimum absolute atomic E-state index is 0.189. The summed E-state index contributed by atoms with van der Waals surface area (Å²) in [6, 6.07) is 0. The maximum atomic E-state index is 11.2. The molecular formula is C10H16N2O3. The Kier molecular flexibility index (Phi) is 4.27. The Balaban J connectivity index is 2.46. The Morgan fingerprint density at radius 1 is 1.67 bits per heavy atom. The minimum Gasteiger partial charge on any atom is -0.466 e. The molecule has 0 aromatic rings. The van der Waals surface area contributed by atoms with Gasteiger partial charge in [0.15, 0.2) is 0 Å². The van der Waals surface area contributed by atoms with Crippen molar-refractivity contribution in [2.75, 3.05) is 6.61 Å². The molecule has 0 radical (unpaired) electrons. The van der Waals surface area contributed by atoms with Crippen molar-refractivity contribution < 1.29 is 9.53 Å². The summed E-state index contributed by atoms with van der Waals surface area (Å²) in [7, 11) is 0. The van der Waals surface area contributed by atoms with E-state index in [1.807, 2.05) is 0 Å². The molecule has 0 bridgehead atoms. The summed E-state index contributed by atoms with van der Waals surface area (Å²) in [5.74, 6) is -0.00707. The van der Waals surface area contributed by atoms with Gasteiger partial charge in [-0.15, -0.1) is 4.91 Å². The monoisotopic (exact) mass is 212 g/mol. The fraction of sp³-hybridized carbons (Fsp3) is 0.700. The third-order valence-corrected chi connectivity index (χ3v) is 2.54. The van der Waals surface area contributed by atoms with Crippen LogP contribution in [0.1, 0.15) is 32.6 Å². The highest BCUT2D eigenvalue weighted by atomic mass is 16.5. The number of hydrogen-bond acceptors (Lipinski definition) is 5. The van der Waals surface area contributed by atoms with E-state index in [0.717, 1.165) is 6.42 Å². The summed E-state index contributed by atoms with van der Waals surface area (Å²) in [4.78, 5) is 21.5. The molecule has 1 rings (SSSR count). The molecule has 84 valence electrons. The summed E-state index contributed by atoms with van der Waals surface area (Å²) >= 11 is 0. The number of nitrogens with zero attached hydrogens (tertiary/aromatic N) is 1. The SMILES string of the molecule is CCOC(=O)CC1CCC(N=O)=C(N)C1. The molecule has 0 aromatic heterocycles. The lowest BCUT2D eigenvalue weighted by Crippen LogP contribution is -2.19. The van der Waals surface area contributed by atoms with Crippen molar-refractivity contribution in [3.8, 4) is 0 Å². The molecule has 5 nitrogen and oxygen atoms in total. The van der Waals surface area contributed by atoms with Crippen molar-refractivity contribution in [2.45, 2.75) is 32.6 Å². The van der Waals surface area contributed by atoms with Crippen LogP contribution in [0.2, 0.25) is 0 Å². The van der Waals surface area contributed by atoms with E-state index in [4.69, 9.17) is 10.5 Å². The van der Waals surface area contributed by atoms with Crippen molar-refractivity contribution in [2.24, 2.45) is 16.8 Å². The third-order valence-electron chi connectivity index (χ3n) is 2.54. The van der Waals surface area contributed by atoms with E-state index in [0.29, 0.717) is 37.3 Å². The highest BCUT2D eigenvalue weighted by molar-refractivity contribution is 5.69. The second-order valence-electron chi connectivity index (χ2n) is 3.68. The summed E-state index contributed by atoms with van der Waals surface area (Å²) < 4.78 is 4.85. The van der Waals surface area contributed by atoms with Crippen LogP contribution in [0.5, 0.6) is 0 Å². The quantitative estimate of drug-likeness (QED) is 0.567. The predicted molar refractivity (Wildman–Crippen MR) is 55.6 cm³/mol. The van der Waals surface area contributed by atoms with Gasteiger partial charge in [-0.25, -0.2) is 0 Å². The molecular weight excluding hydrogens is 196 g/mol. The molecule has 0 heterocycles. The molecule has 0 fully saturated rings. The zero-order valence-corrected chi connectivity index (χ0v) is 8.86. The molecule has 1 unspecified atom stereocenters. The van der Waals surface area contributed by atoms with Gasteiger partial charge >= 0.3 is 5.97 Å². The van der Waals surface area contributed by atoms with Crippen molar-refractivity contribution in [1.82, 2.24) is 0 Å². The van der Waals surface area contributed by atoms with Crippen molar-refractivity contribution in [3.63, 3.8) is 0 Å². The Hall–Kier alpha value is -1.39. The van der Waals surface area contributed by atoms with Crippen LogP contribution in [-0.4, -0.2) is 12.6 Å². The first kappa shape index (κ1) is 11.7. The van der Waals surface area contributed by atoms with Gasteiger partial charge < -0.3 is 10.5 Å². The average molecular weight is 212 g/mol. The summed E-state index contributed by atoms with van der Waals surface area (Å²) in [5.41, 5.74) is 6.62. The Labute approximate surface area is 88.6 Å². The molecule has 1 aliphatic rings. The van der Waals surface area contributed by atoms with Gasteiger partial charge in [0.05, 0.1) is 6.61 Å². The zero-order chi connectivity index (χ0) is 11.3. The third kappa shape index (κ3) is 3.34. The molecule has 0 saturated carbocycles. The molecule has 1 aliphatic carbocycles. The fourth-order valence-electron chi connectivity index (χ4n) is 1.77. The lowest BCUT2D eigenvalue weighted by Gasteiger charge is -2.21. The van der Waals surface area contributed by atoms with Crippen LogP contribution in [0.3, 0.4) is 0 Å². The van der Waals surface area contributed by atoms with Gasteiger partial charge in [-0.05, 0) is 37.3 Å². The van der Waals surface area contributed by atoms with Gasteiger partial charge in [-0.1, -0.05) is 0 Å². The maximum Gasteiger partial charge on any atom is 0.306 e. The van der Waals surface area contributed by atoms with E-state index in [1.165, 1.54) is 0 Å². The van der Waals surface area contributed by atoms with Crippen LogP contribution in [0.15, 0.2) is 16.6 Å². The summed E-state index contributed by atoms with van der Waals surface area (Å²) in [6.45, 7) is 2.18. The highest BCUT2D eigenvalue weighted by Crippen LogP contribution is 2.29. The van der Waals surface area contributed by atoms with E-state index in [2.05, 4.69) is 5.18 Å². The summed E-state index contributed by atoms with van der Waals surface area (Å²) in [6.07, 6.45) is 2.29. The van der Waals surface area contributed by atoms with E-state index >= 15 is 0 Å². The Morgan fingerprint density at radius 3 is 2.93 bits per heavy atom. The van der Waals surface area contributed by atoms with E-state index < -0.39 is 0 Å². The zero-order valence-electron chi connectivity index (χ0n) is 8.86. The molecule has 5 heteroatoms. The first-order chi connectivity index (χ1) is 7.17. The molecule has 0 spiro atoms. The van der Waals surface area contributed by atoms with Crippen LogP contribution in [0, 0.1) is 10.8 Å². The van der Waals surface area contributed by atoms with E-state index in [1.54, 1.807) is 6.92 Å². The van der Waals surface area contributed by atoms with Gasteiger partial charge in [0.1, 0.15) is 5.70 Å². The van der Waals surface area contributed by atoms with Crippen LogP contribution in [0.25, 0.3) is 0 Å². The van der Waals surface area contributed by atoms with Gasteiger partial charge in [-0.2, -0.15) is 0 Å². The smallest absolute Gasteiger partial charge is 0.306 e. The number of allylic oxidation sites excluding steroid dienone is 2. The average Bonchev–Trinajstić information content (AvgIpc) is 2.18. The highest BCUT2D eigenvalue weighted by Gasteiger charge is 2.22. The molecule has 1 atom stereocenters. The van der Waals surface area contributed by atoms with Gasteiger partial charge in [0, 0.05) is 12.1 Å². The second-order valence-corrected chi connectivity index (χ2v) is 3.68. The predicted octanol–water partition coefficient (Wildman–Crippen LogP) is 1.68. The minimum atomic E-state index is -0.196. The molecule has 0 amide bonds. The van der Waals surface area contributed by atoms with Gasteiger partial charge in [-0.3, -0.25) is 4.79 Å². The largest absolute Gasteiger partial charge is 0.466 e. The van der Waals surface area contributed by atoms with Crippen molar-refractivity contribution in [3.05, 3.63) is 16.3 Å².